The molecule has 0 saturated heterocycles. The average molecular weight is 254 g/mol. The van der Waals surface area contributed by atoms with Gasteiger partial charge in [0.1, 0.15) is 0 Å². The highest BCUT2D eigenvalue weighted by atomic mass is 32.1. The van der Waals surface area contributed by atoms with Crippen LogP contribution in [0.15, 0.2) is 17.5 Å². The molecular formula is C14H26N2S. The van der Waals surface area contributed by atoms with Crippen LogP contribution in [0.5, 0.6) is 0 Å². The molecule has 0 aliphatic rings. The molecular weight excluding hydrogens is 228 g/mol. The Morgan fingerprint density at radius 1 is 1.41 bits per heavy atom. The largest absolute Gasteiger partial charge is 0.326 e. The standard InChI is InChI=1S/C14H26N2S/c1-6-11(15)13(12-8-7-9-17-12)16(5)10-14(2,3)4/h7-9,11,13H,6,10,15H2,1-5H3. The zero-order valence-electron chi connectivity index (χ0n) is 11.7. The van der Waals surface area contributed by atoms with E-state index in [-0.39, 0.29) is 6.04 Å². The van der Waals surface area contributed by atoms with Gasteiger partial charge in [-0.25, -0.2) is 0 Å². The summed E-state index contributed by atoms with van der Waals surface area (Å²) in [5.74, 6) is 0. The predicted molar refractivity (Wildman–Crippen MR) is 77.4 cm³/mol. The third-order valence-electron chi connectivity index (χ3n) is 2.91. The Bertz CT molecular complexity index is 313. The number of likely N-dealkylation sites (N-methyl/N-ethyl adjacent to an activating group) is 1. The van der Waals surface area contributed by atoms with E-state index in [9.17, 15) is 0 Å². The van der Waals surface area contributed by atoms with Gasteiger partial charge in [0, 0.05) is 17.5 Å². The highest BCUT2D eigenvalue weighted by Crippen LogP contribution is 2.30. The number of rotatable bonds is 5. The van der Waals surface area contributed by atoms with Gasteiger partial charge in [-0.3, -0.25) is 4.90 Å². The number of nitrogens with zero attached hydrogens (tertiary/aromatic N) is 1. The zero-order valence-corrected chi connectivity index (χ0v) is 12.6. The lowest BCUT2D eigenvalue weighted by molar-refractivity contribution is 0.153. The molecule has 0 saturated carbocycles. The summed E-state index contributed by atoms with van der Waals surface area (Å²) in [6.07, 6.45) is 1.01. The van der Waals surface area contributed by atoms with Crippen molar-refractivity contribution in [2.45, 2.75) is 46.2 Å². The minimum Gasteiger partial charge on any atom is -0.326 e. The molecule has 2 atom stereocenters. The van der Waals surface area contributed by atoms with Gasteiger partial charge in [0.2, 0.25) is 0 Å². The first-order chi connectivity index (χ1) is 7.85. The van der Waals surface area contributed by atoms with E-state index < -0.39 is 0 Å². The number of hydrogen-bond donors (Lipinski definition) is 1. The quantitative estimate of drug-likeness (QED) is 0.871. The van der Waals surface area contributed by atoms with Crippen LogP contribution in [-0.4, -0.2) is 24.5 Å². The third-order valence-corrected chi connectivity index (χ3v) is 3.85. The molecule has 0 spiro atoms. The van der Waals surface area contributed by atoms with E-state index in [2.05, 4.69) is 57.2 Å². The minimum atomic E-state index is 0.209. The fourth-order valence-electron chi connectivity index (χ4n) is 2.28. The molecule has 1 heterocycles. The van der Waals surface area contributed by atoms with Crippen LogP contribution in [0.4, 0.5) is 0 Å². The van der Waals surface area contributed by atoms with E-state index in [1.807, 2.05) is 11.3 Å². The Morgan fingerprint density at radius 2 is 2.06 bits per heavy atom. The number of hydrogen-bond acceptors (Lipinski definition) is 3. The number of nitrogens with two attached hydrogens (primary N) is 1. The molecule has 0 bridgehead atoms. The van der Waals surface area contributed by atoms with Gasteiger partial charge in [-0.15, -0.1) is 11.3 Å². The van der Waals surface area contributed by atoms with Crippen molar-refractivity contribution in [3.05, 3.63) is 22.4 Å². The highest BCUT2D eigenvalue weighted by Gasteiger charge is 2.26. The van der Waals surface area contributed by atoms with Crippen LogP contribution in [0.25, 0.3) is 0 Å². The highest BCUT2D eigenvalue weighted by molar-refractivity contribution is 7.10. The second-order valence-corrected chi connectivity index (χ2v) is 6.99. The smallest absolute Gasteiger partial charge is 0.0591 e. The second-order valence-electron chi connectivity index (χ2n) is 6.01. The Hall–Kier alpha value is -0.380. The van der Waals surface area contributed by atoms with Crippen molar-refractivity contribution in [2.75, 3.05) is 13.6 Å². The van der Waals surface area contributed by atoms with Crippen molar-refractivity contribution in [1.82, 2.24) is 4.90 Å². The van der Waals surface area contributed by atoms with E-state index >= 15 is 0 Å². The maximum Gasteiger partial charge on any atom is 0.0591 e. The second kappa shape index (κ2) is 5.98. The van der Waals surface area contributed by atoms with E-state index in [4.69, 9.17) is 5.73 Å². The monoisotopic (exact) mass is 254 g/mol. The Labute approximate surface area is 110 Å². The molecule has 1 aromatic rings. The van der Waals surface area contributed by atoms with E-state index in [0.29, 0.717) is 11.5 Å². The Morgan fingerprint density at radius 3 is 2.47 bits per heavy atom. The van der Waals surface area contributed by atoms with Crippen LogP contribution in [-0.2, 0) is 0 Å². The summed E-state index contributed by atoms with van der Waals surface area (Å²) in [4.78, 5) is 3.78. The lowest BCUT2D eigenvalue weighted by Gasteiger charge is -2.35. The van der Waals surface area contributed by atoms with Gasteiger partial charge < -0.3 is 5.73 Å². The van der Waals surface area contributed by atoms with Crippen molar-refractivity contribution in [3.63, 3.8) is 0 Å². The molecule has 3 heteroatoms. The first kappa shape index (κ1) is 14.7. The zero-order chi connectivity index (χ0) is 13.1. The predicted octanol–water partition coefficient (Wildman–Crippen LogP) is 3.50. The van der Waals surface area contributed by atoms with Crippen LogP contribution < -0.4 is 5.73 Å². The molecule has 2 unspecified atom stereocenters. The fourth-order valence-corrected chi connectivity index (χ4v) is 3.25. The first-order valence-corrected chi connectivity index (χ1v) is 7.22. The molecule has 0 aliphatic carbocycles. The fraction of sp³-hybridized carbons (Fsp3) is 0.714. The molecule has 0 amide bonds. The third kappa shape index (κ3) is 4.41. The summed E-state index contributed by atoms with van der Waals surface area (Å²) in [6, 6.07) is 4.87. The van der Waals surface area contributed by atoms with E-state index in [1.165, 1.54) is 4.88 Å². The van der Waals surface area contributed by atoms with Crippen LogP contribution in [0.2, 0.25) is 0 Å². The molecule has 98 valence electrons. The van der Waals surface area contributed by atoms with Crippen LogP contribution in [0.1, 0.15) is 45.0 Å². The van der Waals surface area contributed by atoms with Crippen LogP contribution in [0.3, 0.4) is 0 Å². The van der Waals surface area contributed by atoms with Gasteiger partial charge in [-0.2, -0.15) is 0 Å². The van der Waals surface area contributed by atoms with Gasteiger partial charge >= 0.3 is 0 Å². The van der Waals surface area contributed by atoms with Gasteiger partial charge in [0.25, 0.3) is 0 Å². The Kier molecular flexibility index (Phi) is 5.17. The van der Waals surface area contributed by atoms with Gasteiger partial charge in [0.05, 0.1) is 6.04 Å². The van der Waals surface area contributed by atoms with Crippen molar-refractivity contribution in [3.8, 4) is 0 Å². The molecule has 0 aromatic carbocycles. The average Bonchev–Trinajstić information content (AvgIpc) is 2.68. The maximum absolute atomic E-state index is 6.29. The molecule has 0 fully saturated rings. The van der Waals surface area contributed by atoms with Crippen molar-refractivity contribution in [1.29, 1.82) is 0 Å². The van der Waals surface area contributed by atoms with Gasteiger partial charge in [-0.05, 0) is 30.3 Å². The SMILES string of the molecule is CCC(N)C(c1cccs1)N(C)CC(C)(C)C. The van der Waals surface area contributed by atoms with E-state index in [1.54, 1.807) is 0 Å². The Balaban J connectivity index is 2.84. The number of thiophene rings is 1. The molecule has 0 radical (unpaired) electrons. The van der Waals surface area contributed by atoms with Crippen molar-refractivity contribution < 1.29 is 0 Å². The summed E-state index contributed by atoms with van der Waals surface area (Å²) < 4.78 is 0. The summed E-state index contributed by atoms with van der Waals surface area (Å²) >= 11 is 1.81. The van der Waals surface area contributed by atoms with Crippen molar-refractivity contribution >= 4 is 11.3 Å². The molecule has 0 aliphatic heterocycles. The summed E-state index contributed by atoms with van der Waals surface area (Å²) in [7, 11) is 2.19. The normalized spacial score (nSPS) is 16.2. The molecule has 2 nitrogen and oxygen atoms in total. The first-order valence-electron chi connectivity index (χ1n) is 6.34. The van der Waals surface area contributed by atoms with Crippen LogP contribution in [0, 0.1) is 5.41 Å². The van der Waals surface area contributed by atoms with E-state index in [0.717, 1.165) is 13.0 Å². The van der Waals surface area contributed by atoms with Gasteiger partial charge in [0.15, 0.2) is 0 Å². The van der Waals surface area contributed by atoms with Gasteiger partial charge in [-0.1, -0.05) is 33.8 Å². The summed E-state index contributed by atoms with van der Waals surface area (Å²) in [5.41, 5.74) is 6.60. The maximum atomic E-state index is 6.29. The lowest BCUT2D eigenvalue weighted by Crippen LogP contribution is -2.41. The molecule has 1 aromatic heterocycles. The summed E-state index contributed by atoms with van der Waals surface area (Å²) in [6.45, 7) is 10.0. The van der Waals surface area contributed by atoms with Crippen LogP contribution >= 0.6 is 11.3 Å². The topological polar surface area (TPSA) is 29.3 Å². The summed E-state index contributed by atoms with van der Waals surface area (Å²) in [5, 5.41) is 2.13. The molecule has 1 rings (SSSR count). The van der Waals surface area contributed by atoms with Crippen molar-refractivity contribution in [2.24, 2.45) is 11.1 Å². The lowest BCUT2D eigenvalue weighted by atomic mass is 9.94. The minimum absolute atomic E-state index is 0.209. The molecule has 17 heavy (non-hydrogen) atoms. The molecule has 2 N–H and O–H groups in total.